The summed E-state index contributed by atoms with van der Waals surface area (Å²) in [6.07, 6.45) is 8.37. The molecule has 11 heavy (non-hydrogen) atoms. The normalized spacial score (nSPS) is 12.5. The zero-order valence-electron chi connectivity index (χ0n) is 8.85. The van der Waals surface area contributed by atoms with E-state index in [4.69, 9.17) is 0 Å². The van der Waals surface area contributed by atoms with Gasteiger partial charge in [0.25, 0.3) is 0 Å². The van der Waals surface area contributed by atoms with Crippen LogP contribution < -0.4 is 0 Å². The van der Waals surface area contributed by atoms with E-state index in [9.17, 15) is 0 Å². The number of hydrogen-bond acceptors (Lipinski definition) is 0. The molecule has 0 rings (SSSR count). The van der Waals surface area contributed by atoms with Crippen molar-refractivity contribution in [3.63, 3.8) is 0 Å². The molecule has 0 aliphatic rings. The Bertz CT molecular complexity index is 72.1. The minimum absolute atomic E-state index is 0.775. The SMILES string of the molecule is CC.CCC/C=C\C(C)CC. The van der Waals surface area contributed by atoms with Crippen molar-refractivity contribution >= 4 is 0 Å². The summed E-state index contributed by atoms with van der Waals surface area (Å²) < 4.78 is 0. The largest absolute Gasteiger partial charge is 0.0883 e. The predicted molar refractivity (Wildman–Crippen MR) is 54.9 cm³/mol. The molecule has 0 amide bonds. The third kappa shape index (κ3) is 12.8. The summed E-state index contributed by atoms with van der Waals surface area (Å²) in [6.45, 7) is 10.7. The van der Waals surface area contributed by atoms with E-state index in [2.05, 4.69) is 32.9 Å². The van der Waals surface area contributed by atoms with Crippen LogP contribution in [0.25, 0.3) is 0 Å². The van der Waals surface area contributed by atoms with Crippen LogP contribution in [0.3, 0.4) is 0 Å². The molecular formula is C11H24. The third-order valence-corrected chi connectivity index (χ3v) is 1.56. The average molecular weight is 156 g/mol. The second-order valence-corrected chi connectivity index (χ2v) is 2.60. The molecule has 0 spiro atoms. The maximum absolute atomic E-state index is 2.31. The van der Waals surface area contributed by atoms with E-state index in [1.165, 1.54) is 19.3 Å². The van der Waals surface area contributed by atoms with Crippen molar-refractivity contribution in [1.82, 2.24) is 0 Å². The van der Waals surface area contributed by atoms with Gasteiger partial charge in [-0.15, -0.1) is 0 Å². The second-order valence-electron chi connectivity index (χ2n) is 2.60. The Labute approximate surface area is 72.7 Å². The monoisotopic (exact) mass is 156 g/mol. The van der Waals surface area contributed by atoms with Gasteiger partial charge in [0, 0.05) is 0 Å². The molecule has 0 aromatic heterocycles. The molecule has 0 fully saturated rings. The molecule has 0 aromatic rings. The first-order valence-corrected chi connectivity index (χ1v) is 4.97. The summed E-state index contributed by atoms with van der Waals surface area (Å²) >= 11 is 0. The second kappa shape index (κ2) is 12.4. The highest BCUT2D eigenvalue weighted by Crippen LogP contribution is 2.02. The Morgan fingerprint density at radius 2 is 1.73 bits per heavy atom. The first-order chi connectivity index (χ1) is 5.31. The van der Waals surface area contributed by atoms with Gasteiger partial charge in [0.15, 0.2) is 0 Å². The Kier molecular flexibility index (Phi) is 15.1. The van der Waals surface area contributed by atoms with Gasteiger partial charge in [-0.05, 0) is 12.3 Å². The predicted octanol–water partition coefficient (Wildman–Crippen LogP) is 4.42. The van der Waals surface area contributed by atoms with E-state index >= 15 is 0 Å². The van der Waals surface area contributed by atoms with E-state index in [1.807, 2.05) is 13.8 Å². The van der Waals surface area contributed by atoms with Gasteiger partial charge in [-0.1, -0.05) is 59.6 Å². The molecule has 0 radical (unpaired) electrons. The molecular weight excluding hydrogens is 132 g/mol. The highest BCUT2D eigenvalue weighted by atomic mass is 13.9. The smallest absolute Gasteiger partial charge is 0.0265 e. The maximum atomic E-state index is 2.31. The lowest BCUT2D eigenvalue weighted by atomic mass is 10.1. The maximum Gasteiger partial charge on any atom is -0.0265 e. The molecule has 68 valence electrons. The molecule has 0 saturated heterocycles. The lowest BCUT2D eigenvalue weighted by Gasteiger charge is -1.97. The highest BCUT2D eigenvalue weighted by molar-refractivity contribution is 4.85. The summed E-state index contributed by atoms with van der Waals surface area (Å²) in [4.78, 5) is 0. The van der Waals surface area contributed by atoms with Crippen LogP contribution in [0.1, 0.15) is 53.9 Å². The van der Waals surface area contributed by atoms with Crippen LogP contribution in [-0.4, -0.2) is 0 Å². The summed E-state index contributed by atoms with van der Waals surface area (Å²) in [5, 5.41) is 0. The summed E-state index contributed by atoms with van der Waals surface area (Å²) in [5.74, 6) is 0.775. The van der Waals surface area contributed by atoms with E-state index in [1.54, 1.807) is 0 Å². The molecule has 0 aliphatic heterocycles. The molecule has 1 unspecified atom stereocenters. The molecule has 0 aromatic carbocycles. The minimum Gasteiger partial charge on any atom is -0.0883 e. The summed E-state index contributed by atoms with van der Waals surface area (Å²) in [6, 6.07) is 0. The van der Waals surface area contributed by atoms with Crippen molar-refractivity contribution < 1.29 is 0 Å². The lowest BCUT2D eigenvalue weighted by molar-refractivity contribution is 0.694. The number of allylic oxidation sites excluding steroid dienone is 2. The first kappa shape index (κ1) is 13.3. The topological polar surface area (TPSA) is 0 Å². The van der Waals surface area contributed by atoms with Gasteiger partial charge in [0.1, 0.15) is 0 Å². The van der Waals surface area contributed by atoms with E-state index in [-0.39, 0.29) is 0 Å². The molecule has 0 heterocycles. The van der Waals surface area contributed by atoms with Gasteiger partial charge in [0.2, 0.25) is 0 Å². The van der Waals surface area contributed by atoms with E-state index in [0.29, 0.717) is 0 Å². The van der Waals surface area contributed by atoms with Gasteiger partial charge in [-0.2, -0.15) is 0 Å². The fourth-order valence-corrected chi connectivity index (χ4v) is 0.631. The third-order valence-electron chi connectivity index (χ3n) is 1.56. The van der Waals surface area contributed by atoms with Crippen LogP contribution in [-0.2, 0) is 0 Å². The minimum atomic E-state index is 0.775. The van der Waals surface area contributed by atoms with Gasteiger partial charge >= 0.3 is 0 Å². The standard InChI is InChI=1S/C9H18.C2H6/c1-4-6-7-8-9(3)5-2;1-2/h7-9H,4-6H2,1-3H3;1-2H3/b8-7-;. The van der Waals surface area contributed by atoms with Crippen molar-refractivity contribution in [3.8, 4) is 0 Å². The average Bonchev–Trinajstić information content (AvgIpc) is 2.08. The van der Waals surface area contributed by atoms with Crippen LogP contribution in [0, 0.1) is 5.92 Å². The van der Waals surface area contributed by atoms with Crippen molar-refractivity contribution in [2.24, 2.45) is 5.92 Å². The number of unbranched alkanes of at least 4 members (excludes halogenated alkanes) is 1. The molecule has 0 nitrogen and oxygen atoms in total. The molecule has 0 aliphatic carbocycles. The van der Waals surface area contributed by atoms with Gasteiger partial charge in [0.05, 0.1) is 0 Å². The summed E-state index contributed by atoms with van der Waals surface area (Å²) in [7, 11) is 0. The van der Waals surface area contributed by atoms with Crippen LogP contribution in [0.5, 0.6) is 0 Å². The van der Waals surface area contributed by atoms with Gasteiger partial charge < -0.3 is 0 Å². The van der Waals surface area contributed by atoms with Crippen molar-refractivity contribution in [2.75, 3.05) is 0 Å². The Morgan fingerprint density at radius 3 is 2.09 bits per heavy atom. The fraction of sp³-hybridized carbons (Fsp3) is 0.818. The lowest BCUT2D eigenvalue weighted by Crippen LogP contribution is -1.83. The number of hydrogen-bond donors (Lipinski definition) is 0. The molecule has 0 heteroatoms. The van der Waals surface area contributed by atoms with Crippen LogP contribution in [0.2, 0.25) is 0 Å². The van der Waals surface area contributed by atoms with Crippen LogP contribution in [0.15, 0.2) is 12.2 Å². The van der Waals surface area contributed by atoms with Crippen molar-refractivity contribution in [3.05, 3.63) is 12.2 Å². The zero-order chi connectivity index (χ0) is 9.11. The van der Waals surface area contributed by atoms with E-state index in [0.717, 1.165) is 5.92 Å². The van der Waals surface area contributed by atoms with Gasteiger partial charge in [-0.3, -0.25) is 0 Å². The van der Waals surface area contributed by atoms with Crippen LogP contribution in [0.4, 0.5) is 0 Å². The number of rotatable bonds is 4. The summed E-state index contributed by atoms with van der Waals surface area (Å²) in [5.41, 5.74) is 0. The van der Waals surface area contributed by atoms with Crippen molar-refractivity contribution in [2.45, 2.75) is 53.9 Å². The molecule has 0 N–H and O–H groups in total. The van der Waals surface area contributed by atoms with Crippen LogP contribution >= 0.6 is 0 Å². The first-order valence-electron chi connectivity index (χ1n) is 4.97. The molecule has 0 saturated carbocycles. The highest BCUT2D eigenvalue weighted by Gasteiger charge is 1.87. The quantitative estimate of drug-likeness (QED) is 0.529. The Morgan fingerprint density at radius 1 is 1.18 bits per heavy atom. The molecule has 0 bridgehead atoms. The molecule has 1 atom stereocenters. The Hall–Kier alpha value is -0.260. The van der Waals surface area contributed by atoms with E-state index < -0.39 is 0 Å². The Balaban J connectivity index is 0. The zero-order valence-corrected chi connectivity index (χ0v) is 8.85. The van der Waals surface area contributed by atoms with Gasteiger partial charge in [-0.25, -0.2) is 0 Å². The van der Waals surface area contributed by atoms with Crippen molar-refractivity contribution in [1.29, 1.82) is 0 Å². The fourth-order valence-electron chi connectivity index (χ4n) is 0.631.